The van der Waals surface area contributed by atoms with Crippen LogP contribution in [0.5, 0.6) is 0 Å². The highest BCUT2D eigenvalue weighted by atomic mass is 16.5. The van der Waals surface area contributed by atoms with E-state index in [1.54, 1.807) is 7.05 Å². The second-order valence-corrected chi connectivity index (χ2v) is 5.46. The van der Waals surface area contributed by atoms with Gasteiger partial charge in [0.1, 0.15) is 0 Å². The first-order chi connectivity index (χ1) is 9.22. The van der Waals surface area contributed by atoms with Crippen LogP contribution in [0.2, 0.25) is 0 Å². The molecule has 3 heterocycles. The van der Waals surface area contributed by atoms with Crippen molar-refractivity contribution in [1.29, 1.82) is 0 Å². The SMILES string of the molecule is CNC(=O)[C@H]1CN(C(=O)[C@H]2CCOC2)[C@@H]2CCO[C@H]12. The standard InChI is InChI=1S/C13H20N2O4/c1-14-12(16)9-6-15(10-3-5-19-11(9)10)13(17)8-2-4-18-7-8/h8-11H,2-7H2,1H3,(H,14,16)/t8-,9-,10+,11+/m0/s1. The average Bonchev–Trinajstić information content (AvgIpc) is 3.12. The maximum Gasteiger partial charge on any atom is 0.228 e. The molecule has 0 aliphatic carbocycles. The van der Waals surface area contributed by atoms with Gasteiger partial charge in [0.05, 0.1) is 30.6 Å². The molecule has 0 aromatic heterocycles. The van der Waals surface area contributed by atoms with Crippen molar-refractivity contribution < 1.29 is 19.1 Å². The summed E-state index contributed by atoms with van der Waals surface area (Å²) in [6, 6.07) is 0.0652. The molecule has 6 nitrogen and oxygen atoms in total. The molecule has 0 radical (unpaired) electrons. The molecule has 0 spiro atoms. The fourth-order valence-corrected chi connectivity index (χ4v) is 3.40. The summed E-state index contributed by atoms with van der Waals surface area (Å²) in [5, 5.41) is 2.67. The van der Waals surface area contributed by atoms with Gasteiger partial charge >= 0.3 is 0 Å². The molecule has 3 rings (SSSR count). The first kappa shape index (κ1) is 12.9. The summed E-state index contributed by atoms with van der Waals surface area (Å²) in [6.45, 7) is 2.28. The third-order valence-electron chi connectivity index (χ3n) is 4.44. The smallest absolute Gasteiger partial charge is 0.228 e. The Morgan fingerprint density at radius 2 is 2.11 bits per heavy atom. The summed E-state index contributed by atoms with van der Waals surface area (Å²) in [5.41, 5.74) is 0. The Morgan fingerprint density at radius 3 is 2.79 bits per heavy atom. The van der Waals surface area contributed by atoms with Crippen LogP contribution in [0.1, 0.15) is 12.8 Å². The third-order valence-corrected chi connectivity index (χ3v) is 4.44. The van der Waals surface area contributed by atoms with Gasteiger partial charge in [0.15, 0.2) is 0 Å². The average molecular weight is 268 g/mol. The molecule has 3 fully saturated rings. The summed E-state index contributed by atoms with van der Waals surface area (Å²) in [7, 11) is 1.63. The number of carbonyl (C=O) groups is 2. The van der Waals surface area contributed by atoms with Crippen LogP contribution in [0.25, 0.3) is 0 Å². The molecule has 0 aromatic rings. The number of hydrogen-bond acceptors (Lipinski definition) is 4. The minimum Gasteiger partial charge on any atom is -0.381 e. The number of fused-ring (bicyclic) bond motifs is 1. The van der Waals surface area contributed by atoms with E-state index in [1.807, 2.05) is 4.90 Å². The van der Waals surface area contributed by atoms with Gasteiger partial charge in [-0.1, -0.05) is 0 Å². The van der Waals surface area contributed by atoms with Crippen LogP contribution in [-0.4, -0.2) is 62.3 Å². The highest BCUT2D eigenvalue weighted by molar-refractivity contribution is 5.84. The van der Waals surface area contributed by atoms with Gasteiger partial charge in [0.25, 0.3) is 0 Å². The van der Waals surface area contributed by atoms with Gasteiger partial charge < -0.3 is 19.7 Å². The molecule has 2 amide bonds. The number of ether oxygens (including phenoxy) is 2. The van der Waals surface area contributed by atoms with E-state index in [9.17, 15) is 9.59 Å². The van der Waals surface area contributed by atoms with Gasteiger partial charge in [-0.05, 0) is 12.8 Å². The van der Waals surface area contributed by atoms with Crippen LogP contribution < -0.4 is 5.32 Å². The van der Waals surface area contributed by atoms with E-state index in [4.69, 9.17) is 9.47 Å². The van der Waals surface area contributed by atoms with Gasteiger partial charge in [-0.2, -0.15) is 0 Å². The van der Waals surface area contributed by atoms with Crippen LogP contribution in [0.3, 0.4) is 0 Å². The topological polar surface area (TPSA) is 67.9 Å². The molecule has 3 saturated heterocycles. The minimum absolute atomic E-state index is 0.0325. The fraction of sp³-hybridized carbons (Fsp3) is 0.846. The number of nitrogens with zero attached hydrogens (tertiary/aromatic N) is 1. The quantitative estimate of drug-likeness (QED) is 0.725. The van der Waals surface area contributed by atoms with Crippen molar-refractivity contribution in [3.8, 4) is 0 Å². The molecular weight excluding hydrogens is 248 g/mol. The van der Waals surface area contributed by atoms with E-state index in [-0.39, 0.29) is 35.8 Å². The molecule has 0 aromatic carbocycles. The van der Waals surface area contributed by atoms with E-state index < -0.39 is 0 Å². The van der Waals surface area contributed by atoms with Crippen LogP contribution in [0, 0.1) is 11.8 Å². The molecular formula is C13H20N2O4. The van der Waals surface area contributed by atoms with E-state index in [2.05, 4.69) is 5.32 Å². The summed E-state index contributed by atoms with van der Waals surface area (Å²) >= 11 is 0. The van der Waals surface area contributed by atoms with Gasteiger partial charge in [0, 0.05) is 26.8 Å². The summed E-state index contributed by atoms with van der Waals surface area (Å²) in [4.78, 5) is 26.3. The summed E-state index contributed by atoms with van der Waals surface area (Å²) in [5.74, 6) is -0.173. The molecule has 6 heteroatoms. The Hall–Kier alpha value is -1.14. The zero-order valence-electron chi connectivity index (χ0n) is 11.1. The first-order valence-corrected chi connectivity index (χ1v) is 6.94. The fourth-order valence-electron chi connectivity index (χ4n) is 3.40. The Bertz CT molecular complexity index is 381. The van der Waals surface area contributed by atoms with Crippen molar-refractivity contribution in [2.45, 2.75) is 25.0 Å². The molecule has 3 aliphatic rings. The van der Waals surface area contributed by atoms with Crippen LogP contribution in [0.4, 0.5) is 0 Å². The number of amides is 2. The summed E-state index contributed by atoms with van der Waals surface area (Å²) < 4.78 is 11.0. The highest BCUT2D eigenvalue weighted by Gasteiger charge is 2.51. The number of carbonyl (C=O) groups excluding carboxylic acids is 2. The van der Waals surface area contributed by atoms with E-state index in [1.165, 1.54) is 0 Å². The Kier molecular flexibility index (Phi) is 3.45. The van der Waals surface area contributed by atoms with Crippen molar-refractivity contribution in [3.63, 3.8) is 0 Å². The number of hydrogen-bond donors (Lipinski definition) is 1. The maximum atomic E-state index is 12.5. The number of rotatable bonds is 2. The molecule has 3 aliphatic heterocycles. The van der Waals surface area contributed by atoms with E-state index in [0.29, 0.717) is 26.4 Å². The summed E-state index contributed by atoms with van der Waals surface area (Å²) in [6.07, 6.45) is 1.49. The second kappa shape index (κ2) is 5.09. The Balaban J connectivity index is 1.75. The molecule has 0 saturated carbocycles. The normalized spacial score (nSPS) is 37.4. The van der Waals surface area contributed by atoms with Gasteiger partial charge in [0.2, 0.25) is 11.8 Å². The third kappa shape index (κ3) is 2.12. The lowest BCUT2D eigenvalue weighted by Gasteiger charge is -2.25. The van der Waals surface area contributed by atoms with Crippen molar-refractivity contribution >= 4 is 11.8 Å². The van der Waals surface area contributed by atoms with E-state index >= 15 is 0 Å². The predicted molar refractivity (Wildman–Crippen MR) is 66.3 cm³/mol. The highest BCUT2D eigenvalue weighted by Crippen LogP contribution is 2.35. The molecule has 1 N–H and O–H groups in total. The van der Waals surface area contributed by atoms with Crippen molar-refractivity contribution in [2.75, 3.05) is 33.4 Å². The maximum absolute atomic E-state index is 12.5. The zero-order valence-corrected chi connectivity index (χ0v) is 11.1. The van der Waals surface area contributed by atoms with Gasteiger partial charge in [-0.25, -0.2) is 0 Å². The largest absolute Gasteiger partial charge is 0.381 e. The van der Waals surface area contributed by atoms with Gasteiger partial charge in [-0.15, -0.1) is 0 Å². The van der Waals surface area contributed by atoms with Crippen molar-refractivity contribution in [1.82, 2.24) is 10.2 Å². The lowest BCUT2D eigenvalue weighted by atomic mass is 10.0. The lowest BCUT2D eigenvalue weighted by Crippen LogP contribution is -2.41. The predicted octanol–water partition coefficient (Wildman–Crippen LogP) is -0.615. The number of nitrogens with one attached hydrogen (secondary N) is 1. The van der Waals surface area contributed by atoms with E-state index in [0.717, 1.165) is 12.8 Å². The first-order valence-electron chi connectivity index (χ1n) is 6.94. The molecule has 106 valence electrons. The molecule has 4 atom stereocenters. The molecule has 19 heavy (non-hydrogen) atoms. The van der Waals surface area contributed by atoms with Crippen LogP contribution in [0.15, 0.2) is 0 Å². The van der Waals surface area contributed by atoms with Gasteiger partial charge in [-0.3, -0.25) is 9.59 Å². The van der Waals surface area contributed by atoms with Crippen molar-refractivity contribution in [2.24, 2.45) is 11.8 Å². The minimum atomic E-state index is -0.233. The van der Waals surface area contributed by atoms with Crippen LogP contribution in [-0.2, 0) is 19.1 Å². The number of likely N-dealkylation sites (tertiary alicyclic amines) is 1. The molecule has 0 unspecified atom stereocenters. The lowest BCUT2D eigenvalue weighted by molar-refractivity contribution is -0.136. The van der Waals surface area contributed by atoms with Crippen LogP contribution >= 0.6 is 0 Å². The Labute approximate surface area is 112 Å². The zero-order chi connectivity index (χ0) is 13.4. The molecule has 0 bridgehead atoms. The monoisotopic (exact) mass is 268 g/mol. The Morgan fingerprint density at radius 1 is 1.26 bits per heavy atom. The van der Waals surface area contributed by atoms with Crippen molar-refractivity contribution in [3.05, 3.63) is 0 Å². The second-order valence-electron chi connectivity index (χ2n) is 5.46.